The predicted octanol–water partition coefficient (Wildman–Crippen LogP) is 2.83. The average molecular weight is 232 g/mol. The molecule has 1 saturated carbocycles. The molecular formula is C8H9F5O2. The first-order chi connectivity index (χ1) is 6.61. The van der Waals surface area contributed by atoms with Crippen LogP contribution in [-0.4, -0.2) is 23.2 Å². The maximum Gasteiger partial charge on any atom is 0.453 e. The van der Waals surface area contributed by atoms with E-state index in [4.69, 9.17) is 5.11 Å². The van der Waals surface area contributed by atoms with E-state index in [0.717, 1.165) is 0 Å². The summed E-state index contributed by atoms with van der Waals surface area (Å²) >= 11 is 0. The van der Waals surface area contributed by atoms with Crippen molar-refractivity contribution in [2.45, 2.75) is 37.8 Å². The third kappa shape index (κ3) is 2.05. The fraction of sp³-hybridized carbons (Fsp3) is 0.875. The summed E-state index contributed by atoms with van der Waals surface area (Å²) in [7, 11) is 0. The van der Waals surface area contributed by atoms with Crippen molar-refractivity contribution in [3.8, 4) is 0 Å². The molecule has 0 amide bonds. The Morgan fingerprint density at radius 2 is 1.67 bits per heavy atom. The third-order valence-corrected chi connectivity index (χ3v) is 2.74. The van der Waals surface area contributed by atoms with Crippen LogP contribution in [0, 0.1) is 5.41 Å². The molecule has 0 aliphatic heterocycles. The molecule has 0 spiro atoms. The van der Waals surface area contributed by atoms with Crippen LogP contribution in [-0.2, 0) is 4.79 Å². The summed E-state index contributed by atoms with van der Waals surface area (Å²) in [4.78, 5) is 10.6. The fourth-order valence-electron chi connectivity index (χ4n) is 1.60. The van der Waals surface area contributed by atoms with Gasteiger partial charge in [0.05, 0.1) is 5.41 Å². The highest BCUT2D eigenvalue weighted by Crippen LogP contribution is 2.52. The fourth-order valence-corrected chi connectivity index (χ4v) is 1.60. The van der Waals surface area contributed by atoms with Gasteiger partial charge in [-0.1, -0.05) is 6.42 Å². The number of alkyl halides is 5. The Balaban J connectivity index is 2.80. The van der Waals surface area contributed by atoms with E-state index >= 15 is 0 Å². The minimum absolute atomic E-state index is 0.117. The zero-order chi connectivity index (χ0) is 11.9. The van der Waals surface area contributed by atoms with Gasteiger partial charge in [-0.3, -0.25) is 4.79 Å². The molecule has 0 aromatic heterocycles. The van der Waals surface area contributed by atoms with Crippen LogP contribution >= 0.6 is 0 Å². The van der Waals surface area contributed by atoms with E-state index < -0.39 is 29.9 Å². The lowest BCUT2D eigenvalue weighted by Gasteiger charge is -2.40. The second kappa shape index (κ2) is 3.31. The molecule has 1 N–H and O–H groups in total. The Morgan fingerprint density at radius 1 is 1.20 bits per heavy atom. The summed E-state index contributed by atoms with van der Waals surface area (Å²) in [6.07, 6.45) is -7.19. The molecule has 0 heterocycles. The molecule has 0 aromatic rings. The molecule has 1 aliphatic carbocycles. The number of aliphatic carboxylic acids is 1. The zero-order valence-electron chi connectivity index (χ0n) is 7.57. The minimum atomic E-state index is -5.68. The molecule has 2 nitrogen and oxygen atoms in total. The van der Waals surface area contributed by atoms with Gasteiger partial charge < -0.3 is 5.11 Å². The van der Waals surface area contributed by atoms with E-state index in [9.17, 15) is 26.7 Å². The summed E-state index contributed by atoms with van der Waals surface area (Å²) in [5, 5.41) is 8.61. The smallest absolute Gasteiger partial charge is 0.453 e. The number of carboxylic acids is 1. The van der Waals surface area contributed by atoms with Gasteiger partial charge in [0.15, 0.2) is 0 Å². The molecule has 0 atom stereocenters. The highest BCUT2D eigenvalue weighted by Gasteiger charge is 2.63. The monoisotopic (exact) mass is 232 g/mol. The first-order valence-corrected chi connectivity index (χ1v) is 4.29. The number of hydrogen-bond donors (Lipinski definition) is 1. The SMILES string of the molecule is O=C(O)C1(CC(F)(F)C(F)(F)F)CCC1. The Hall–Kier alpha value is -0.880. The molecular weight excluding hydrogens is 223 g/mol. The van der Waals surface area contributed by atoms with Crippen LogP contribution in [0.1, 0.15) is 25.7 Å². The van der Waals surface area contributed by atoms with Gasteiger partial charge in [0.1, 0.15) is 0 Å². The molecule has 0 unspecified atom stereocenters. The van der Waals surface area contributed by atoms with Gasteiger partial charge in [0, 0.05) is 6.42 Å². The molecule has 1 aliphatic rings. The number of carbonyl (C=O) groups is 1. The highest BCUT2D eigenvalue weighted by molar-refractivity contribution is 5.75. The third-order valence-electron chi connectivity index (χ3n) is 2.74. The van der Waals surface area contributed by atoms with Crippen LogP contribution in [0.2, 0.25) is 0 Å². The van der Waals surface area contributed by atoms with Gasteiger partial charge in [-0.25, -0.2) is 0 Å². The highest BCUT2D eigenvalue weighted by atomic mass is 19.4. The van der Waals surface area contributed by atoms with Gasteiger partial charge in [0.2, 0.25) is 0 Å². The molecule has 7 heteroatoms. The van der Waals surface area contributed by atoms with E-state index in [-0.39, 0.29) is 12.8 Å². The lowest BCUT2D eigenvalue weighted by Crippen LogP contribution is -2.48. The van der Waals surface area contributed by atoms with E-state index in [2.05, 4.69) is 0 Å². The van der Waals surface area contributed by atoms with Crippen LogP contribution in [0.4, 0.5) is 22.0 Å². The van der Waals surface area contributed by atoms with Gasteiger partial charge in [-0.05, 0) is 12.8 Å². The second-order valence-electron chi connectivity index (χ2n) is 3.82. The maximum absolute atomic E-state index is 12.6. The molecule has 0 aromatic carbocycles. The van der Waals surface area contributed by atoms with Crippen LogP contribution in [0.25, 0.3) is 0 Å². The summed E-state index contributed by atoms with van der Waals surface area (Å²) in [5.41, 5.74) is -1.89. The lowest BCUT2D eigenvalue weighted by atomic mass is 9.65. The summed E-state index contributed by atoms with van der Waals surface area (Å²) < 4.78 is 60.8. The summed E-state index contributed by atoms with van der Waals surface area (Å²) in [6.45, 7) is 0. The normalized spacial score (nSPS) is 20.9. The van der Waals surface area contributed by atoms with Gasteiger partial charge in [-0.2, -0.15) is 22.0 Å². The first kappa shape index (κ1) is 12.2. The van der Waals surface area contributed by atoms with Crippen LogP contribution in [0.15, 0.2) is 0 Å². The largest absolute Gasteiger partial charge is 0.481 e. The quantitative estimate of drug-likeness (QED) is 0.759. The molecule has 88 valence electrons. The van der Waals surface area contributed by atoms with E-state index in [1.807, 2.05) is 0 Å². The molecule has 0 radical (unpaired) electrons. The standard InChI is InChI=1S/C8H9F5O2/c9-7(10,8(11,12)13)4-6(5(14)15)2-1-3-6/h1-4H2,(H,14,15). The van der Waals surface area contributed by atoms with Gasteiger partial charge >= 0.3 is 18.1 Å². The Morgan fingerprint density at radius 3 is 1.87 bits per heavy atom. The molecule has 1 fully saturated rings. The lowest BCUT2D eigenvalue weighted by molar-refractivity contribution is -0.295. The van der Waals surface area contributed by atoms with Crippen molar-refractivity contribution in [3.05, 3.63) is 0 Å². The minimum Gasteiger partial charge on any atom is -0.481 e. The zero-order valence-corrected chi connectivity index (χ0v) is 7.57. The Kier molecular flexibility index (Phi) is 2.69. The van der Waals surface area contributed by atoms with Crippen LogP contribution in [0.5, 0.6) is 0 Å². The van der Waals surface area contributed by atoms with Crippen molar-refractivity contribution < 1.29 is 31.9 Å². The van der Waals surface area contributed by atoms with Gasteiger partial charge in [-0.15, -0.1) is 0 Å². The van der Waals surface area contributed by atoms with Gasteiger partial charge in [0.25, 0.3) is 0 Å². The molecule has 1 rings (SSSR count). The van der Waals surface area contributed by atoms with Crippen molar-refractivity contribution in [2.24, 2.45) is 5.41 Å². The number of carboxylic acid groups (broad SMARTS) is 1. The van der Waals surface area contributed by atoms with E-state index in [1.54, 1.807) is 0 Å². The Bertz CT molecular complexity index is 267. The van der Waals surface area contributed by atoms with E-state index in [0.29, 0.717) is 6.42 Å². The Labute approximate surface area is 82.1 Å². The number of halogens is 5. The van der Waals surface area contributed by atoms with Crippen LogP contribution < -0.4 is 0 Å². The average Bonchev–Trinajstić information content (AvgIpc) is 1.93. The van der Waals surface area contributed by atoms with E-state index in [1.165, 1.54) is 0 Å². The molecule has 0 bridgehead atoms. The topological polar surface area (TPSA) is 37.3 Å². The van der Waals surface area contributed by atoms with Crippen molar-refractivity contribution in [1.29, 1.82) is 0 Å². The van der Waals surface area contributed by atoms with Crippen molar-refractivity contribution in [3.63, 3.8) is 0 Å². The first-order valence-electron chi connectivity index (χ1n) is 4.29. The summed E-state index contributed by atoms with van der Waals surface area (Å²) in [6, 6.07) is 0. The van der Waals surface area contributed by atoms with Crippen molar-refractivity contribution in [1.82, 2.24) is 0 Å². The number of hydrogen-bond acceptors (Lipinski definition) is 1. The summed E-state index contributed by atoms with van der Waals surface area (Å²) in [5.74, 6) is -6.50. The maximum atomic E-state index is 12.6. The second-order valence-corrected chi connectivity index (χ2v) is 3.82. The van der Waals surface area contributed by atoms with Crippen molar-refractivity contribution in [2.75, 3.05) is 0 Å². The number of rotatable bonds is 3. The van der Waals surface area contributed by atoms with Crippen LogP contribution in [0.3, 0.4) is 0 Å². The molecule has 0 saturated heterocycles. The predicted molar refractivity (Wildman–Crippen MR) is 39.5 cm³/mol. The molecule has 15 heavy (non-hydrogen) atoms. The van der Waals surface area contributed by atoms with Crippen molar-refractivity contribution >= 4 is 5.97 Å².